The Morgan fingerprint density at radius 3 is 0.500 bits per heavy atom. The molecule has 0 aromatic rings. The minimum Gasteiger partial charge on any atom is -0.668 e. The van der Waals surface area contributed by atoms with E-state index in [-0.39, 0.29) is 40.7 Å². The Bertz CT molecular complexity index is 19.0. The summed E-state index contributed by atoms with van der Waals surface area (Å²) in [6.07, 6.45) is 0. The molecule has 0 aliphatic rings. The summed E-state index contributed by atoms with van der Waals surface area (Å²) in [7, 11) is 10.5. The zero-order valence-corrected chi connectivity index (χ0v) is 13.4. The standard InChI is InChI=1S/3C2H6N.2CH3.Hf/c3*1-3-2;;;/h3*1-2H3;2*1H3;/q5*-1;. The van der Waals surface area contributed by atoms with Crippen molar-refractivity contribution in [1.82, 2.24) is 0 Å². The van der Waals surface area contributed by atoms with Crippen LogP contribution in [0.25, 0.3) is 16.0 Å². The van der Waals surface area contributed by atoms with Crippen molar-refractivity contribution in [2.24, 2.45) is 0 Å². The van der Waals surface area contributed by atoms with Crippen molar-refractivity contribution in [1.29, 1.82) is 0 Å². The maximum Gasteiger partial charge on any atom is 0 e. The fourth-order valence-corrected chi connectivity index (χ4v) is 0. The van der Waals surface area contributed by atoms with E-state index in [9.17, 15) is 0 Å². The van der Waals surface area contributed by atoms with E-state index in [1.54, 1.807) is 42.3 Å². The summed E-state index contributed by atoms with van der Waals surface area (Å²) in [6.45, 7) is 0. The van der Waals surface area contributed by atoms with Crippen LogP contribution in [-0.4, -0.2) is 42.3 Å². The van der Waals surface area contributed by atoms with Crippen LogP contribution in [0.15, 0.2) is 0 Å². The second-order valence-electron chi connectivity index (χ2n) is 1.34. The van der Waals surface area contributed by atoms with Gasteiger partial charge in [0.1, 0.15) is 0 Å². The predicted molar refractivity (Wildman–Crippen MR) is 58.4 cm³/mol. The van der Waals surface area contributed by atoms with Gasteiger partial charge < -0.3 is 30.8 Å². The monoisotopic (exact) mass is 342 g/mol. The molecule has 0 fully saturated rings. The van der Waals surface area contributed by atoms with E-state index in [1.807, 2.05) is 0 Å². The normalized spacial score (nSPS) is 4.50. The molecule has 0 spiro atoms. The molecule has 0 rings (SSSR count). The van der Waals surface area contributed by atoms with E-state index in [2.05, 4.69) is 16.0 Å². The molecule has 0 aliphatic carbocycles. The second kappa shape index (κ2) is 96.6. The first kappa shape index (κ1) is 38.6. The molecule has 12 heavy (non-hydrogen) atoms. The van der Waals surface area contributed by atoms with Crippen LogP contribution in [0.5, 0.6) is 0 Å². The first-order chi connectivity index (χ1) is 4.24. The Labute approximate surface area is 98.9 Å². The van der Waals surface area contributed by atoms with Crippen LogP contribution in [0.4, 0.5) is 0 Å². The zero-order chi connectivity index (χ0) is 8.12. The quantitative estimate of drug-likeness (QED) is 0.481. The van der Waals surface area contributed by atoms with E-state index in [0.29, 0.717) is 0 Å². The van der Waals surface area contributed by atoms with Gasteiger partial charge in [-0.05, 0) is 0 Å². The Hall–Kier alpha value is 0.750. The second-order valence-corrected chi connectivity index (χ2v) is 1.34. The largest absolute Gasteiger partial charge is 0.668 e. The Balaban J connectivity index is -0.00000001000. The third-order valence-corrected chi connectivity index (χ3v) is 0. The molecular weight excluding hydrogens is 317 g/mol. The van der Waals surface area contributed by atoms with Crippen LogP contribution < -0.4 is 0 Å². The first-order valence-corrected chi connectivity index (χ1v) is 2.68. The molecule has 4 heteroatoms. The molecule has 0 bridgehead atoms. The molecule has 0 aromatic heterocycles. The third-order valence-electron chi connectivity index (χ3n) is 0. The fraction of sp³-hybridized carbons (Fsp3) is 0.750. The fourth-order valence-electron chi connectivity index (χ4n) is 0. The summed E-state index contributed by atoms with van der Waals surface area (Å²) < 4.78 is 0. The molecule has 0 radical (unpaired) electrons. The van der Waals surface area contributed by atoms with E-state index in [1.165, 1.54) is 0 Å². The number of nitrogens with zero attached hydrogens (tertiary/aromatic N) is 3. The molecule has 0 N–H and O–H groups in total. The van der Waals surface area contributed by atoms with E-state index < -0.39 is 0 Å². The Morgan fingerprint density at radius 1 is 0.500 bits per heavy atom. The van der Waals surface area contributed by atoms with Gasteiger partial charge in [-0.3, -0.25) is 0 Å². The number of rotatable bonds is 0. The van der Waals surface area contributed by atoms with Crippen molar-refractivity contribution in [3.63, 3.8) is 0 Å². The summed E-state index contributed by atoms with van der Waals surface area (Å²) in [5.74, 6) is 0. The summed E-state index contributed by atoms with van der Waals surface area (Å²) in [6, 6.07) is 0. The SMILES string of the molecule is C[N-]C.C[N-]C.C[N-]C.[CH3-].[CH3-].[Hf]. The molecular formula is C8H24HfN3-5. The summed E-state index contributed by atoms with van der Waals surface area (Å²) in [5, 5.41) is 10.5. The van der Waals surface area contributed by atoms with Crippen LogP contribution in [0, 0.1) is 14.9 Å². The topological polar surface area (TPSA) is 42.3 Å². The Kier molecular flexibility index (Phi) is 311. The van der Waals surface area contributed by atoms with Gasteiger partial charge in [-0.15, -0.1) is 0 Å². The van der Waals surface area contributed by atoms with Crippen LogP contribution >= 0.6 is 0 Å². The summed E-state index contributed by atoms with van der Waals surface area (Å²) >= 11 is 0. The third kappa shape index (κ3) is 1820. The van der Waals surface area contributed by atoms with E-state index in [0.717, 1.165) is 0 Å². The maximum atomic E-state index is 3.50. The van der Waals surface area contributed by atoms with Crippen molar-refractivity contribution in [3.05, 3.63) is 30.8 Å². The van der Waals surface area contributed by atoms with Gasteiger partial charge in [-0.2, -0.15) is 42.3 Å². The van der Waals surface area contributed by atoms with Crippen molar-refractivity contribution in [2.45, 2.75) is 0 Å². The van der Waals surface area contributed by atoms with Gasteiger partial charge in [0, 0.05) is 25.8 Å². The average molecular weight is 341 g/mol. The molecule has 0 unspecified atom stereocenters. The molecule has 0 saturated heterocycles. The summed E-state index contributed by atoms with van der Waals surface area (Å²) in [4.78, 5) is 0. The Morgan fingerprint density at radius 2 is 0.500 bits per heavy atom. The smallest absolute Gasteiger partial charge is 0 e. The van der Waals surface area contributed by atoms with Crippen LogP contribution in [-0.2, 0) is 25.8 Å². The molecule has 0 saturated carbocycles. The first-order valence-electron chi connectivity index (χ1n) is 2.68. The van der Waals surface area contributed by atoms with Gasteiger partial charge >= 0.3 is 0 Å². The predicted octanol–water partition coefficient (Wildman–Crippen LogP) is 2.76. The van der Waals surface area contributed by atoms with Crippen LogP contribution in [0.2, 0.25) is 0 Å². The van der Waals surface area contributed by atoms with Gasteiger partial charge in [-0.1, -0.05) is 0 Å². The molecule has 3 nitrogen and oxygen atoms in total. The molecule has 0 aromatic carbocycles. The number of hydrogen-bond donors (Lipinski definition) is 0. The van der Waals surface area contributed by atoms with Gasteiger partial charge in [0.05, 0.1) is 0 Å². The average Bonchev–Trinajstić information content (AvgIpc) is 1.70. The number of hydrogen-bond acceptors (Lipinski definition) is 0. The van der Waals surface area contributed by atoms with Gasteiger partial charge in [0.25, 0.3) is 0 Å². The van der Waals surface area contributed by atoms with Crippen LogP contribution in [0.3, 0.4) is 0 Å². The van der Waals surface area contributed by atoms with Crippen LogP contribution in [0.1, 0.15) is 0 Å². The van der Waals surface area contributed by atoms with Gasteiger partial charge in [0.15, 0.2) is 0 Å². The minimum absolute atomic E-state index is 0. The maximum absolute atomic E-state index is 3.50. The van der Waals surface area contributed by atoms with Crippen molar-refractivity contribution < 1.29 is 25.8 Å². The van der Waals surface area contributed by atoms with E-state index >= 15 is 0 Å². The van der Waals surface area contributed by atoms with E-state index in [4.69, 9.17) is 0 Å². The molecule has 80 valence electrons. The van der Waals surface area contributed by atoms with Crippen molar-refractivity contribution >= 4 is 0 Å². The van der Waals surface area contributed by atoms with Crippen molar-refractivity contribution in [2.75, 3.05) is 42.3 Å². The summed E-state index contributed by atoms with van der Waals surface area (Å²) in [5.41, 5.74) is 0. The van der Waals surface area contributed by atoms with Gasteiger partial charge in [-0.25, -0.2) is 0 Å². The molecule has 0 heterocycles. The molecule has 0 amide bonds. The zero-order valence-electron chi connectivity index (χ0n) is 9.84. The molecule has 0 atom stereocenters. The van der Waals surface area contributed by atoms with Crippen molar-refractivity contribution in [3.8, 4) is 0 Å². The minimum atomic E-state index is 0. The molecule has 0 aliphatic heterocycles. The van der Waals surface area contributed by atoms with Gasteiger partial charge in [0.2, 0.25) is 0 Å².